The molecule has 142 valence electrons. The van der Waals surface area contributed by atoms with Crippen molar-refractivity contribution in [2.45, 2.75) is 62.8 Å². The molecule has 6 nitrogen and oxygen atoms in total. The maximum Gasteiger partial charge on any atom is 0.315 e. The number of fused-ring (bicyclic) bond motifs is 1. The normalized spacial score (nSPS) is 56.8. The van der Waals surface area contributed by atoms with Gasteiger partial charge in [0.25, 0.3) is 0 Å². The van der Waals surface area contributed by atoms with Gasteiger partial charge in [0, 0.05) is 11.8 Å². The van der Waals surface area contributed by atoms with E-state index in [4.69, 9.17) is 9.47 Å². The zero-order valence-electron chi connectivity index (χ0n) is 15.3. The Balaban J connectivity index is 1.75. The van der Waals surface area contributed by atoms with E-state index in [9.17, 15) is 19.8 Å². The molecule has 1 spiro atoms. The van der Waals surface area contributed by atoms with Crippen molar-refractivity contribution < 1.29 is 29.3 Å². The number of aliphatic hydroxyl groups excluding tert-OH is 1. The molecule has 4 bridgehead atoms. The monoisotopic (exact) mass is 362 g/mol. The number of methoxy groups -OCH3 is 1. The first kappa shape index (κ1) is 16.8. The minimum absolute atomic E-state index is 0.0121. The van der Waals surface area contributed by atoms with Crippen LogP contribution < -0.4 is 0 Å². The van der Waals surface area contributed by atoms with Gasteiger partial charge in [-0.05, 0) is 56.4 Å². The number of carbonyl (C=O) groups excluding carboxylic acids is 2. The lowest BCUT2D eigenvalue weighted by atomic mass is 9.59. The number of aliphatic hydroxyl groups is 2. The van der Waals surface area contributed by atoms with Gasteiger partial charge < -0.3 is 19.7 Å². The lowest BCUT2D eigenvalue weighted by molar-refractivity contribution is -0.165. The first-order valence-corrected chi connectivity index (χ1v) is 9.56. The molecule has 4 aliphatic carbocycles. The molecule has 26 heavy (non-hydrogen) atoms. The topological polar surface area (TPSA) is 93.1 Å². The van der Waals surface area contributed by atoms with E-state index in [2.05, 4.69) is 6.58 Å². The Kier molecular flexibility index (Phi) is 2.92. The van der Waals surface area contributed by atoms with Crippen LogP contribution in [0.25, 0.3) is 0 Å². The van der Waals surface area contributed by atoms with Gasteiger partial charge in [-0.3, -0.25) is 9.59 Å². The molecule has 0 radical (unpaired) electrons. The van der Waals surface area contributed by atoms with E-state index in [0.717, 1.165) is 5.57 Å². The van der Waals surface area contributed by atoms with E-state index in [1.165, 1.54) is 7.11 Å². The molecule has 5 aliphatic rings. The number of carbonyl (C=O) groups is 2. The van der Waals surface area contributed by atoms with Crippen molar-refractivity contribution in [1.29, 1.82) is 0 Å². The van der Waals surface area contributed by atoms with Gasteiger partial charge in [-0.1, -0.05) is 6.58 Å². The first-order valence-electron chi connectivity index (χ1n) is 9.56. The summed E-state index contributed by atoms with van der Waals surface area (Å²) in [6.07, 6.45) is 2.51. The van der Waals surface area contributed by atoms with E-state index >= 15 is 0 Å². The van der Waals surface area contributed by atoms with Crippen molar-refractivity contribution in [1.82, 2.24) is 0 Å². The minimum Gasteiger partial charge on any atom is -0.469 e. The standard InChI is InChI=1S/C20H26O6/c1-10-8-18-9-19(10,24)6-4-11(18)20-7-5-12(21)17(2,16(23)26-20)14(20)13(18)15(22)25-3/h11-14,21,24H,1,4-9H2,2-3H3/t11-,12+,13-,14-,17-,18+,19+,20-/m1/s1. The number of ether oxygens (including phenoxy) is 2. The average molecular weight is 362 g/mol. The van der Waals surface area contributed by atoms with Gasteiger partial charge in [0.15, 0.2) is 0 Å². The smallest absolute Gasteiger partial charge is 0.315 e. The molecule has 8 atom stereocenters. The lowest BCUT2D eigenvalue weighted by Gasteiger charge is -2.45. The summed E-state index contributed by atoms with van der Waals surface area (Å²) < 4.78 is 11.2. The molecular weight excluding hydrogens is 336 g/mol. The summed E-state index contributed by atoms with van der Waals surface area (Å²) in [4.78, 5) is 25.9. The molecule has 4 saturated carbocycles. The van der Waals surface area contributed by atoms with Crippen molar-refractivity contribution in [3.63, 3.8) is 0 Å². The molecule has 6 heteroatoms. The molecule has 2 N–H and O–H groups in total. The van der Waals surface area contributed by atoms with Crippen LogP contribution in [0.1, 0.15) is 45.4 Å². The Bertz CT molecular complexity index is 747. The molecule has 0 aromatic rings. The van der Waals surface area contributed by atoms with Crippen molar-refractivity contribution in [2.75, 3.05) is 7.11 Å². The number of rotatable bonds is 1. The number of hydrogen-bond donors (Lipinski definition) is 2. The maximum atomic E-state index is 13.0. The summed E-state index contributed by atoms with van der Waals surface area (Å²) >= 11 is 0. The van der Waals surface area contributed by atoms with Crippen LogP contribution in [0, 0.1) is 28.6 Å². The highest BCUT2D eigenvalue weighted by Crippen LogP contribution is 2.78. The van der Waals surface area contributed by atoms with Gasteiger partial charge >= 0.3 is 11.9 Å². The molecule has 5 fully saturated rings. The van der Waals surface area contributed by atoms with Gasteiger partial charge in [0.1, 0.15) is 5.60 Å². The highest BCUT2D eigenvalue weighted by molar-refractivity contribution is 5.85. The maximum absolute atomic E-state index is 13.0. The largest absolute Gasteiger partial charge is 0.469 e. The second-order valence-corrected chi connectivity index (χ2v) is 9.47. The van der Waals surface area contributed by atoms with Crippen LogP contribution >= 0.6 is 0 Å². The molecule has 1 aliphatic heterocycles. The summed E-state index contributed by atoms with van der Waals surface area (Å²) in [5.74, 6) is -1.76. The molecule has 1 saturated heterocycles. The highest BCUT2D eigenvalue weighted by Gasteiger charge is 2.84. The fraction of sp³-hybridized carbons (Fsp3) is 0.800. The van der Waals surface area contributed by atoms with Gasteiger partial charge in [-0.2, -0.15) is 0 Å². The van der Waals surface area contributed by atoms with Gasteiger partial charge in [0.05, 0.1) is 30.1 Å². The summed E-state index contributed by atoms with van der Waals surface area (Å²) in [6.45, 7) is 5.85. The fourth-order valence-electron chi connectivity index (χ4n) is 7.76. The SMILES string of the molecule is C=C1C[C@]23C[C@@]1(O)CC[C@H]2[C@@]12CC[C@H](O)[C@@](C)(C(=O)O1)[C@H]2[C@@H]3C(=O)OC. The molecule has 0 aromatic carbocycles. The summed E-state index contributed by atoms with van der Waals surface area (Å²) in [5, 5.41) is 21.8. The van der Waals surface area contributed by atoms with E-state index in [1.54, 1.807) is 6.92 Å². The Morgan fingerprint density at radius 3 is 2.77 bits per heavy atom. The van der Waals surface area contributed by atoms with Crippen LogP contribution in [-0.2, 0) is 19.1 Å². The van der Waals surface area contributed by atoms with Gasteiger partial charge in [0.2, 0.25) is 0 Å². The quantitative estimate of drug-likeness (QED) is 0.540. The minimum atomic E-state index is -1.11. The summed E-state index contributed by atoms with van der Waals surface area (Å²) in [7, 11) is 1.37. The van der Waals surface area contributed by atoms with Gasteiger partial charge in [-0.25, -0.2) is 0 Å². The fourth-order valence-corrected chi connectivity index (χ4v) is 7.76. The summed E-state index contributed by atoms with van der Waals surface area (Å²) in [5.41, 5.74) is -2.53. The summed E-state index contributed by atoms with van der Waals surface area (Å²) in [6, 6.07) is 0. The predicted octanol–water partition coefficient (Wildman–Crippen LogP) is 1.34. The Hall–Kier alpha value is -1.40. The van der Waals surface area contributed by atoms with Crippen LogP contribution in [0.4, 0.5) is 0 Å². The highest BCUT2D eigenvalue weighted by atomic mass is 16.6. The molecule has 0 amide bonds. The third kappa shape index (κ3) is 1.47. The molecule has 0 aromatic heterocycles. The Morgan fingerprint density at radius 2 is 2.08 bits per heavy atom. The van der Waals surface area contributed by atoms with Crippen LogP contribution in [0.15, 0.2) is 12.2 Å². The van der Waals surface area contributed by atoms with Crippen LogP contribution in [-0.4, -0.2) is 46.6 Å². The third-order valence-corrected chi connectivity index (χ3v) is 8.76. The third-order valence-electron chi connectivity index (χ3n) is 8.76. The van der Waals surface area contributed by atoms with E-state index in [0.29, 0.717) is 38.5 Å². The van der Waals surface area contributed by atoms with Crippen molar-refractivity contribution in [2.24, 2.45) is 28.6 Å². The predicted molar refractivity (Wildman–Crippen MR) is 89.6 cm³/mol. The first-order chi connectivity index (χ1) is 12.2. The van der Waals surface area contributed by atoms with Crippen LogP contribution in [0.2, 0.25) is 0 Å². The zero-order valence-corrected chi connectivity index (χ0v) is 15.3. The van der Waals surface area contributed by atoms with Crippen LogP contribution in [0.5, 0.6) is 0 Å². The molecule has 0 unspecified atom stereocenters. The second kappa shape index (κ2) is 4.53. The zero-order chi connectivity index (χ0) is 18.7. The van der Waals surface area contributed by atoms with Gasteiger partial charge in [-0.15, -0.1) is 0 Å². The second-order valence-electron chi connectivity index (χ2n) is 9.47. The lowest BCUT2D eigenvalue weighted by Crippen LogP contribution is -2.53. The number of hydrogen-bond acceptors (Lipinski definition) is 6. The van der Waals surface area contributed by atoms with Crippen molar-refractivity contribution >= 4 is 11.9 Å². The van der Waals surface area contributed by atoms with E-state index in [-0.39, 0.29) is 11.9 Å². The van der Waals surface area contributed by atoms with E-state index < -0.39 is 45.9 Å². The van der Waals surface area contributed by atoms with Crippen LogP contribution in [0.3, 0.4) is 0 Å². The molecule has 5 rings (SSSR count). The molecule has 1 heterocycles. The van der Waals surface area contributed by atoms with E-state index in [1.807, 2.05) is 0 Å². The average Bonchev–Trinajstić information content (AvgIpc) is 3.02. The van der Waals surface area contributed by atoms with Crippen molar-refractivity contribution in [3.05, 3.63) is 12.2 Å². The Labute approximate surface area is 152 Å². The Morgan fingerprint density at radius 1 is 1.35 bits per heavy atom. The van der Waals surface area contributed by atoms with Crippen molar-refractivity contribution in [3.8, 4) is 0 Å². The molecular formula is C20H26O6. The number of esters is 2.